The van der Waals surface area contributed by atoms with Crippen LogP contribution in [0.25, 0.3) is 0 Å². The van der Waals surface area contributed by atoms with Gasteiger partial charge in [-0.25, -0.2) is 14.6 Å². The molecule has 7 N–H and O–H groups in total. The number of aromatic amines is 1. The molecule has 0 amide bonds. The van der Waals surface area contributed by atoms with E-state index in [1.807, 2.05) is 0 Å². The number of nitrogens with two attached hydrogens (primary N) is 2. The summed E-state index contributed by atoms with van der Waals surface area (Å²) in [5, 5.41) is 19.5. The predicted octanol–water partition coefficient (Wildman–Crippen LogP) is -3.63. The standard InChI is InChI=1S/C14H20N4O7/c15-3-1-2-8-6-18(14(22)17-12(8)21)13-11(25-23-5-4-16)10(20)9(7-19)24-13/h6,9-11,13,19-20H,3-5,7,15-16H2,(H,17,21,22)/t9-,10?,11?,13-/m0/s1. The first-order chi connectivity index (χ1) is 12.0. The number of rotatable bonds is 6. The Morgan fingerprint density at radius 3 is 2.80 bits per heavy atom. The zero-order valence-electron chi connectivity index (χ0n) is 13.3. The van der Waals surface area contributed by atoms with Crippen LogP contribution in [0.4, 0.5) is 0 Å². The summed E-state index contributed by atoms with van der Waals surface area (Å²) < 4.78 is 6.46. The molecule has 2 unspecified atom stereocenters. The fourth-order valence-electron chi connectivity index (χ4n) is 2.28. The normalized spacial score (nSPS) is 25.6. The van der Waals surface area contributed by atoms with Gasteiger partial charge in [-0.15, -0.1) is 0 Å². The molecule has 25 heavy (non-hydrogen) atoms. The summed E-state index contributed by atoms with van der Waals surface area (Å²) in [6.07, 6.45) is -3.41. The summed E-state index contributed by atoms with van der Waals surface area (Å²) in [4.78, 5) is 35.9. The molecule has 0 aromatic carbocycles. The largest absolute Gasteiger partial charge is 0.394 e. The molecular formula is C14H20N4O7. The molecule has 1 fully saturated rings. The third-order valence-corrected chi connectivity index (χ3v) is 3.44. The number of aliphatic hydroxyl groups is 2. The fraction of sp³-hybridized carbons (Fsp3) is 0.571. The molecule has 2 rings (SSSR count). The average Bonchev–Trinajstić information content (AvgIpc) is 2.90. The molecule has 1 aliphatic heterocycles. The monoisotopic (exact) mass is 356 g/mol. The zero-order chi connectivity index (χ0) is 18.4. The van der Waals surface area contributed by atoms with Crippen molar-refractivity contribution in [3.63, 3.8) is 0 Å². The van der Waals surface area contributed by atoms with Gasteiger partial charge in [-0.1, -0.05) is 11.8 Å². The van der Waals surface area contributed by atoms with Gasteiger partial charge in [-0.3, -0.25) is 14.3 Å². The van der Waals surface area contributed by atoms with Crippen LogP contribution in [0.15, 0.2) is 15.8 Å². The van der Waals surface area contributed by atoms with Gasteiger partial charge < -0.3 is 26.4 Å². The summed E-state index contributed by atoms with van der Waals surface area (Å²) in [5.41, 5.74) is 9.07. The number of hydrogen-bond acceptors (Lipinski definition) is 9. The first-order valence-electron chi connectivity index (χ1n) is 7.50. The molecule has 1 aliphatic rings. The van der Waals surface area contributed by atoms with E-state index in [0.29, 0.717) is 0 Å². The number of H-pyrrole nitrogens is 1. The van der Waals surface area contributed by atoms with Crippen molar-refractivity contribution >= 4 is 0 Å². The first kappa shape index (κ1) is 19.3. The molecule has 1 aromatic rings. The van der Waals surface area contributed by atoms with Crippen LogP contribution < -0.4 is 22.7 Å². The Morgan fingerprint density at radius 2 is 2.16 bits per heavy atom. The van der Waals surface area contributed by atoms with Crippen LogP contribution in [-0.4, -0.2) is 64.4 Å². The van der Waals surface area contributed by atoms with Crippen molar-refractivity contribution in [2.24, 2.45) is 11.5 Å². The number of ether oxygens (including phenoxy) is 1. The molecule has 11 heteroatoms. The van der Waals surface area contributed by atoms with Gasteiger partial charge in [0, 0.05) is 12.7 Å². The smallest absolute Gasteiger partial charge is 0.330 e. The highest BCUT2D eigenvalue weighted by Crippen LogP contribution is 2.30. The summed E-state index contributed by atoms with van der Waals surface area (Å²) in [6, 6.07) is 0. The molecule has 0 bridgehead atoms. The SMILES string of the molecule is NCC#Cc1cn([C@H]2O[C@@H](CO)C(O)C2OOCCN)c(=O)[nH]c1=O. The second-order valence-electron chi connectivity index (χ2n) is 5.12. The van der Waals surface area contributed by atoms with Crippen LogP contribution in [0.3, 0.4) is 0 Å². The molecule has 0 radical (unpaired) electrons. The number of aromatic nitrogens is 2. The molecule has 1 saturated heterocycles. The van der Waals surface area contributed by atoms with E-state index in [0.717, 1.165) is 4.57 Å². The van der Waals surface area contributed by atoms with Gasteiger partial charge in [-0.05, 0) is 0 Å². The van der Waals surface area contributed by atoms with Crippen LogP contribution in [-0.2, 0) is 14.5 Å². The maximum Gasteiger partial charge on any atom is 0.330 e. The van der Waals surface area contributed by atoms with Gasteiger partial charge in [0.25, 0.3) is 5.56 Å². The van der Waals surface area contributed by atoms with E-state index in [-0.39, 0.29) is 25.3 Å². The van der Waals surface area contributed by atoms with Crippen LogP contribution in [0.2, 0.25) is 0 Å². The zero-order valence-corrected chi connectivity index (χ0v) is 13.3. The van der Waals surface area contributed by atoms with Crippen LogP contribution >= 0.6 is 0 Å². The lowest BCUT2D eigenvalue weighted by Gasteiger charge is -2.21. The molecule has 2 heterocycles. The van der Waals surface area contributed by atoms with Gasteiger partial charge in [0.05, 0.1) is 19.8 Å². The predicted molar refractivity (Wildman–Crippen MR) is 84.1 cm³/mol. The molecule has 138 valence electrons. The minimum atomic E-state index is -1.27. The van der Waals surface area contributed by atoms with Gasteiger partial charge in [0.1, 0.15) is 17.8 Å². The quantitative estimate of drug-likeness (QED) is 0.149. The minimum Gasteiger partial charge on any atom is -0.394 e. The topological polar surface area (TPSA) is 175 Å². The second-order valence-corrected chi connectivity index (χ2v) is 5.12. The van der Waals surface area contributed by atoms with E-state index in [4.69, 9.17) is 26.0 Å². The van der Waals surface area contributed by atoms with Crippen molar-refractivity contribution in [2.75, 3.05) is 26.3 Å². The lowest BCUT2D eigenvalue weighted by Crippen LogP contribution is -2.40. The molecule has 0 spiro atoms. The second kappa shape index (κ2) is 8.88. The highest BCUT2D eigenvalue weighted by molar-refractivity contribution is 5.30. The van der Waals surface area contributed by atoms with Crippen molar-refractivity contribution in [2.45, 2.75) is 24.5 Å². The van der Waals surface area contributed by atoms with Gasteiger partial charge in [0.2, 0.25) is 0 Å². The molecule has 0 aliphatic carbocycles. The number of nitrogens with zero attached hydrogens (tertiary/aromatic N) is 1. The van der Waals surface area contributed by atoms with Gasteiger partial charge >= 0.3 is 5.69 Å². The Hall–Kier alpha value is -2.04. The Kier molecular flexibility index (Phi) is 6.85. The summed E-state index contributed by atoms with van der Waals surface area (Å²) in [6.45, 7) is -0.252. The minimum absolute atomic E-state index is 0.0165. The summed E-state index contributed by atoms with van der Waals surface area (Å²) >= 11 is 0. The average molecular weight is 356 g/mol. The van der Waals surface area contributed by atoms with Crippen molar-refractivity contribution in [3.05, 3.63) is 32.6 Å². The first-order valence-corrected chi connectivity index (χ1v) is 7.50. The maximum atomic E-state index is 12.1. The van der Waals surface area contributed by atoms with Crippen molar-refractivity contribution in [3.8, 4) is 11.8 Å². The Bertz CT molecular complexity index is 750. The molecular weight excluding hydrogens is 336 g/mol. The van der Waals surface area contributed by atoms with E-state index >= 15 is 0 Å². The van der Waals surface area contributed by atoms with Crippen LogP contribution in [0.5, 0.6) is 0 Å². The number of hydrogen-bond donors (Lipinski definition) is 5. The van der Waals surface area contributed by atoms with Crippen LogP contribution in [0, 0.1) is 11.8 Å². The number of aliphatic hydroxyl groups excluding tert-OH is 2. The van der Waals surface area contributed by atoms with Crippen molar-refractivity contribution < 1.29 is 24.7 Å². The fourth-order valence-corrected chi connectivity index (χ4v) is 2.28. The van der Waals surface area contributed by atoms with E-state index in [1.165, 1.54) is 6.20 Å². The van der Waals surface area contributed by atoms with Gasteiger partial charge in [0.15, 0.2) is 12.3 Å². The lowest BCUT2D eigenvalue weighted by molar-refractivity contribution is -0.343. The Labute approximate surface area is 142 Å². The van der Waals surface area contributed by atoms with E-state index in [2.05, 4.69) is 16.8 Å². The number of nitrogens with one attached hydrogen (secondary N) is 1. The third kappa shape index (κ3) is 4.33. The highest BCUT2D eigenvalue weighted by atomic mass is 17.2. The van der Waals surface area contributed by atoms with Gasteiger partial charge in [-0.2, -0.15) is 0 Å². The Balaban J connectivity index is 2.39. The van der Waals surface area contributed by atoms with Crippen molar-refractivity contribution in [1.29, 1.82) is 0 Å². The molecule has 1 aromatic heterocycles. The maximum absolute atomic E-state index is 12.1. The van der Waals surface area contributed by atoms with Crippen LogP contribution in [0.1, 0.15) is 11.8 Å². The highest BCUT2D eigenvalue weighted by Gasteiger charge is 2.46. The van der Waals surface area contributed by atoms with E-state index < -0.39 is 42.4 Å². The van der Waals surface area contributed by atoms with E-state index in [9.17, 15) is 19.8 Å². The third-order valence-electron chi connectivity index (χ3n) is 3.44. The molecule has 0 saturated carbocycles. The summed E-state index contributed by atoms with van der Waals surface area (Å²) in [5.74, 6) is 5.04. The molecule has 4 atom stereocenters. The lowest BCUT2D eigenvalue weighted by atomic mass is 10.1. The molecule has 11 nitrogen and oxygen atoms in total. The Morgan fingerprint density at radius 1 is 1.40 bits per heavy atom. The summed E-state index contributed by atoms with van der Waals surface area (Å²) in [7, 11) is 0. The van der Waals surface area contributed by atoms with Crippen molar-refractivity contribution in [1.82, 2.24) is 9.55 Å². The van der Waals surface area contributed by atoms with E-state index in [1.54, 1.807) is 0 Å².